The van der Waals surface area contributed by atoms with Crippen LogP contribution in [0, 0.1) is 18.6 Å². The van der Waals surface area contributed by atoms with Crippen LogP contribution in [0.25, 0.3) is 0 Å². The van der Waals surface area contributed by atoms with Crippen molar-refractivity contribution in [1.82, 2.24) is 10.3 Å². The van der Waals surface area contributed by atoms with Gasteiger partial charge in [0.15, 0.2) is 5.69 Å². The molecule has 3 rings (SSSR count). The molecule has 3 aromatic rings. The smallest absolute Gasteiger partial charge is 0.399 e. The first-order valence-corrected chi connectivity index (χ1v) is 8.78. The molecule has 0 spiro atoms. The van der Waals surface area contributed by atoms with Gasteiger partial charge in [-0.2, -0.15) is 4.98 Å². The molecule has 1 atom stereocenters. The molecular formula is C19H15BrF2N2O3. The summed E-state index contributed by atoms with van der Waals surface area (Å²) >= 11 is 3.32. The van der Waals surface area contributed by atoms with E-state index in [4.69, 9.17) is 9.15 Å². The molecule has 1 aromatic heterocycles. The molecular weight excluding hydrogens is 422 g/mol. The van der Waals surface area contributed by atoms with Crippen LogP contribution in [0.15, 0.2) is 51.6 Å². The van der Waals surface area contributed by atoms with Gasteiger partial charge in [-0.15, -0.1) is 0 Å². The fraction of sp³-hybridized carbons (Fsp3) is 0.158. The van der Waals surface area contributed by atoms with E-state index in [0.717, 1.165) is 10.7 Å². The summed E-state index contributed by atoms with van der Waals surface area (Å²) in [5.41, 5.74) is 0.223. The number of carbonyl (C=O) groups excluding carboxylic acids is 1. The van der Waals surface area contributed by atoms with E-state index in [-0.39, 0.29) is 17.3 Å². The van der Waals surface area contributed by atoms with E-state index >= 15 is 0 Å². The van der Waals surface area contributed by atoms with Gasteiger partial charge in [0.05, 0.1) is 6.04 Å². The number of benzene rings is 2. The minimum Gasteiger partial charge on any atom is -0.416 e. The third-order valence-corrected chi connectivity index (χ3v) is 4.36. The number of carbonyl (C=O) groups is 1. The average Bonchev–Trinajstić information content (AvgIpc) is 3.07. The first-order valence-electron chi connectivity index (χ1n) is 7.99. The van der Waals surface area contributed by atoms with Gasteiger partial charge in [-0.1, -0.05) is 22.0 Å². The second kappa shape index (κ2) is 7.87. The summed E-state index contributed by atoms with van der Waals surface area (Å²) in [5.74, 6) is -1.41. The number of amides is 1. The highest BCUT2D eigenvalue weighted by Gasteiger charge is 2.18. The largest absolute Gasteiger partial charge is 0.416 e. The Labute approximate surface area is 162 Å². The normalized spacial score (nSPS) is 11.9. The number of rotatable bonds is 5. The second-order valence-electron chi connectivity index (χ2n) is 5.86. The third kappa shape index (κ3) is 4.51. The zero-order chi connectivity index (χ0) is 19.6. The molecule has 0 aliphatic carbocycles. The van der Waals surface area contributed by atoms with Crippen molar-refractivity contribution in [1.29, 1.82) is 0 Å². The molecule has 0 bridgehead atoms. The van der Waals surface area contributed by atoms with E-state index in [1.807, 2.05) is 6.07 Å². The maximum atomic E-state index is 13.7. The Morgan fingerprint density at radius 2 is 1.96 bits per heavy atom. The Kier molecular flexibility index (Phi) is 5.55. The summed E-state index contributed by atoms with van der Waals surface area (Å²) in [6, 6.07) is 8.77. The van der Waals surface area contributed by atoms with Gasteiger partial charge in [-0.3, -0.25) is 4.79 Å². The van der Waals surface area contributed by atoms with Gasteiger partial charge >= 0.3 is 6.08 Å². The number of aromatic nitrogens is 1. The van der Waals surface area contributed by atoms with Crippen molar-refractivity contribution < 1.29 is 22.7 Å². The molecule has 0 fully saturated rings. The van der Waals surface area contributed by atoms with Crippen molar-refractivity contribution in [2.24, 2.45) is 0 Å². The molecule has 0 aliphatic heterocycles. The summed E-state index contributed by atoms with van der Waals surface area (Å²) in [6.45, 7) is 2.96. The number of halogens is 3. The zero-order valence-electron chi connectivity index (χ0n) is 14.4. The lowest BCUT2D eigenvalue weighted by Crippen LogP contribution is -2.27. The van der Waals surface area contributed by atoms with Crippen LogP contribution in [-0.4, -0.2) is 10.9 Å². The minimum absolute atomic E-state index is 0.0140. The van der Waals surface area contributed by atoms with Crippen molar-refractivity contribution in [3.8, 4) is 11.8 Å². The van der Waals surface area contributed by atoms with Crippen LogP contribution in [0.2, 0.25) is 0 Å². The monoisotopic (exact) mass is 436 g/mol. The number of ether oxygens (including phenoxy) is 1. The van der Waals surface area contributed by atoms with E-state index in [1.54, 1.807) is 25.1 Å². The molecule has 1 N–H and O–H groups in total. The lowest BCUT2D eigenvalue weighted by molar-refractivity contribution is 0.0934. The van der Waals surface area contributed by atoms with Crippen molar-refractivity contribution in [2.75, 3.05) is 0 Å². The van der Waals surface area contributed by atoms with E-state index in [9.17, 15) is 13.6 Å². The summed E-state index contributed by atoms with van der Waals surface area (Å²) < 4.78 is 38.8. The Hall–Kier alpha value is -2.74. The van der Waals surface area contributed by atoms with Crippen molar-refractivity contribution in [2.45, 2.75) is 19.9 Å². The standard InChI is InChI=1S/C19H15BrF2N2O3/c1-10-15(21)6-12(7-16(10)22)11(2)23-18(25)17-9-26-19(24-17)27-14-5-3-4-13(20)8-14/h3-9,11H,1-2H3,(H,23,25). The molecule has 140 valence electrons. The first kappa shape index (κ1) is 19.0. The molecule has 1 heterocycles. The lowest BCUT2D eigenvalue weighted by Gasteiger charge is -2.14. The Bertz CT molecular complexity index is 968. The van der Waals surface area contributed by atoms with Crippen molar-refractivity contribution in [3.05, 3.63) is 75.6 Å². The quantitative estimate of drug-likeness (QED) is 0.588. The highest BCUT2D eigenvalue weighted by Crippen LogP contribution is 2.24. The lowest BCUT2D eigenvalue weighted by atomic mass is 10.1. The second-order valence-corrected chi connectivity index (χ2v) is 6.78. The van der Waals surface area contributed by atoms with Gasteiger partial charge in [0.2, 0.25) is 0 Å². The van der Waals surface area contributed by atoms with Crippen LogP contribution >= 0.6 is 15.9 Å². The van der Waals surface area contributed by atoms with Crippen LogP contribution in [0.4, 0.5) is 8.78 Å². The fourth-order valence-electron chi connectivity index (χ4n) is 2.31. The van der Waals surface area contributed by atoms with E-state index in [2.05, 4.69) is 26.2 Å². The molecule has 1 amide bonds. The van der Waals surface area contributed by atoms with E-state index < -0.39 is 23.6 Å². The van der Waals surface area contributed by atoms with Crippen molar-refractivity contribution in [3.63, 3.8) is 0 Å². The van der Waals surface area contributed by atoms with Gasteiger partial charge < -0.3 is 14.5 Å². The summed E-state index contributed by atoms with van der Waals surface area (Å²) in [5, 5.41) is 2.61. The molecule has 0 aliphatic rings. The maximum absolute atomic E-state index is 13.7. The summed E-state index contributed by atoms with van der Waals surface area (Å²) in [4.78, 5) is 16.3. The number of hydrogen-bond donors (Lipinski definition) is 1. The number of nitrogens with zero attached hydrogens (tertiary/aromatic N) is 1. The van der Waals surface area contributed by atoms with Crippen LogP contribution < -0.4 is 10.1 Å². The highest BCUT2D eigenvalue weighted by molar-refractivity contribution is 9.10. The average molecular weight is 437 g/mol. The van der Waals surface area contributed by atoms with E-state index in [1.165, 1.54) is 19.1 Å². The Balaban J connectivity index is 1.69. The van der Waals surface area contributed by atoms with E-state index in [0.29, 0.717) is 11.3 Å². The van der Waals surface area contributed by atoms with Gasteiger partial charge in [-0.25, -0.2) is 8.78 Å². The molecule has 0 radical (unpaired) electrons. The summed E-state index contributed by atoms with van der Waals surface area (Å²) in [6.07, 6.45) is 1.05. The van der Waals surface area contributed by atoms with Gasteiger partial charge in [-0.05, 0) is 49.7 Å². The topological polar surface area (TPSA) is 64.4 Å². The molecule has 5 nitrogen and oxygen atoms in total. The molecule has 0 saturated heterocycles. The SMILES string of the molecule is Cc1c(F)cc(C(C)NC(=O)c2coc(Oc3cccc(Br)c3)n2)cc1F. The zero-order valence-corrected chi connectivity index (χ0v) is 16.0. The van der Waals surface area contributed by atoms with Crippen LogP contribution in [0.5, 0.6) is 11.8 Å². The number of hydrogen-bond acceptors (Lipinski definition) is 4. The van der Waals surface area contributed by atoms with Crippen LogP contribution in [0.1, 0.15) is 34.6 Å². The first-order chi connectivity index (χ1) is 12.8. The van der Waals surface area contributed by atoms with Gasteiger partial charge in [0, 0.05) is 10.0 Å². The predicted molar refractivity (Wildman–Crippen MR) is 97.7 cm³/mol. The number of oxazole rings is 1. The Morgan fingerprint density at radius 3 is 2.63 bits per heavy atom. The predicted octanol–water partition coefficient (Wildman–Crippen LogP) is 5.31. The van der Waals surface area contributed by atoms with Gasteiger partial charge in [0.1, 0.15) is 23.6 Å². The highest BCUT2D eigenvalue weighted by atomic mass is 79.9. The van der Waals surface area contributed by atoms with Crippen LogP contribution in [0.3, 0.4) is 0 Å². The molecule has 2 aromatic carbocycles. The molecule has 8 heteroatoms. The molecule has 1 unspecified atom stereocenters. The van der Waals surface area contributed by atoms with Gasteiger partial charge in [0.25, 0.3) is 5.91 Å². The maximum Gasteiger partial charge on any atom is 0.399 e. The summed E-state index contributed by atoms with van der Waals surface area (Å²) in [7, 11) is 0. The Morgan fingerprint density at radius 1 is 1.26 bits per heavy atom. The third-order valence-electron chi connectivity index (χ3n) is 3.87. The van der Waals surface area contributed by atoms with Crippen molar-refractivity contribution >= 4 is 21.8 Å². The molecule has 27 heavy (non-hydrogen) atoms. The number of nitrogens with one attached hydrogen (secondary N) is 1. The fourth-order valence-corrected chi connectivity index (χ4v) is 2.69. The van der Waals surface area contributed by atoms with Crippen LogP contribution in [-0.2, 0) is 0 Å². The molecule has 0 saturated carbocycles. The minimum atomic E-state index is -0.669.